The highest BCUT2D eigenvalue weighted by Crippen LogP contribution is 2.31. The summed E-state index contributed by atoms with van der Waals surface area (Å²) in [6.45, 7) is 2.00. The Balaban J connectivity index is 2.81. The first kappa shape index (κ1) is 12.0. The summed E-state index contributed by atoms with van der Waals surface area (Å²) in [7, 11) is 0. The number of carbonyl (C=O) groups is 1. The predicted molar refractivity (Wildman–Crippen MR) is 62.7 cm³/mol. The minimum Gasteiger partial charge on any atom is -0.505 e. The normalized spacial score (nSPS) is 12.2. The van der Waals surface area contributed by atoms with E-state index in [9.17, 15) is 9.90 Å². The van der Waals surface area contributed by atoms with Gasteiger partial charge in [0.25, 0.3) is 0 Å². The van der Waals surface area contributed by atoms with Crippen molar-refractivity contribution in [1.82, 2.24) is 0 Å². The molecule has 4 N–H and O–H groups in total. The summed E-state index contributed by atoms with van der Waals surface area (Å²) in [6, 6.07) is 5.05. The summed E-state index contributed by atoms with van der Waals surface area (Å²) in [4.78, 5) is 11.5. The molecule has 0 spiro atoms. The van der Waals surface area contributed by atoms with E-state index in [-0.39, 0.29) is 24.1 Å². The third-order valence-electron chi connectivity index (χ3n) is 2.05. The number of amides is 1. The Morgan fingerprint density at radius 2 is 2.33 bits per heavy atom. The summed E-state index contributed by atoms with van der Waals surface area (Å²) < 4.78 is 0.542. The molecule has 0 aliphatic carbocycles. The van der Waals surface area contributed by atoms with Gasteiger partial charge in [0.05, 0.1) is 10.2 Å². The highest BCUT2D eigenvalue weighted by molar-refractivity contribution is 9.10. The molecule has 1 rings (SSSR count). The van der Waals surface area contributed by atoms with Crippen molar-refractivity contribution in [3.8, 4) is 5.75 Å². The fourth-order valence-corrected chi connectivity index (χ4v) is 1.35. The van der Waals surface area contributed by atoms with Crippen LogP contribution in [0, 0.1) is 5.92 Å². The molecule has 5 heteroatoms. The number of para-hydroxylation sites is 1. The van der Waals surface area contributed by atoms with Crippen LogP contribution in [-0.2, 0) is 4.79 Å². The van der Waals surface area contributed by atoms with Crippen LogP contribution in [0.4, 0.5) is 5.69 Å². The van der Waals surface area contributed by atoms with E-state index in [1.54, 1.807) is 25.1 Å². The lowest BCUT2D eigenvalue weighted by Gasteiger charge is -2.11. The Labute approximate surface area is 96.6 Å². The van der Waals surface area contributed by atoms with Crippen molar-refractivity contribution in [2.75, 3.05) is 11.9 Å². The first-order chi connectivity index (χ1) is 7.06. The zero-order chi connectivity index (χ0) is 11.4. The van der Waals surface area contributed by atoms with Crippen LogP contribution in [0.1, 0.15) is 6.92 Å². The van der Waals surface area contributed by atoms with Gasteiger partial charge in [-0.25, -0.2) is 0 Å². The third kappa shape index (κ3) is 2.94. The lowest BCUT2D eigenvalue weighted by atomic mass is 10.1. The van der Waals surface area contributed by atoms with Gasteiger partial charge in [0.15, 0.2) is 5.75 Å². The number of aromatic hydroxyl groups is 1. The Bertz CT molecular complexity index is 368. The lowest BCUT2D eigenvalue weighted by Crippen LogP contribution is -2.26. The Hall–Kier alpha value is -1.07. The average Bonchev–Trinajstić information content (AvgIpc) is 2.23. The van der Waals surface area contributed by atoms with E-state index in [1.807, 2.05) is 0 Å². The number of hydrogen-bond acceptors (Lipinski definition) is 3. The number of carbonyl (C=O) groups excluding carboxylic acids is 1. The van der Waals surface area contributed by atoms with Crippen LogP contribution in [0.25, 0.3) is 0 Å². The number of anilines is 1. The Kier molecular flexibility index (Phi) is 4.11. The third-order valence-corrected chi connectivity index (χ3v) is 2.69. The molecule has 0 aliphatic heterocycles. The van der Waals surface area contributed by atoms with Gasteiger partial charge in [0, 0.05) is 12.5 Å². The van der Waals surface area contributed by atoms with E-state index < -0.39 is 0 Å². The molecule has 0 saturated heterocycles. The lowest BCUT2D eigenvalue weighted by molar-refractivity contribution is -0.119. The van der Waals surface area contributed by atoms with E-state index in [0.29, 0.717) is 10.2 Å². The first-order valence-corrected chi connectivity index (χ1v) is 5.34. The second kappa shape index (κ2) is 5.14. The van der Waals surface area contributed by atoms with Crippen molar-refractivity contribution in [3.05, 3.63) is 22.7 Å². The van der Waals surface area contributed by atoms with Crippen LogP contribution in [0.5, 0.6) is 5.75 Å². The zero-order valence-corrected chi connectivity index (χ0v) is 9.91. The van der Waals surface area contributed by atoms with Crippen molar-refractivity contribution in [2.45, 2.75) is 6.92 Å². The number of phenols is 1. The van der Waals surface area contributed by atoms with E-state index in [2.05, 4.69) is 21.2 Å². The molecule has 1 unspecified atom stereocenters. The van der Waals surface area contributed by atoms with Gasteiger partial charge in [0.2, 0.25) is 5.91 Å². The van der Waals surface area contributed by atoms with Gasteiger partial charge in [-0.2, -0.15) is 0 Å². The maximum atomic E-state index is 11.5. The molecule has 4 nitrogen and oxygen atoms in total. The molecule has 1 aromatic carbocycles. The first-order valence-electron chi connectivity index (χ1n) is 4.54. The van der Waals surface area contributed by atoms with Crippen molar-refractivity contribution in [3.63, 3.8) is 0 Å². The molecular formula is C10H13BrN2O2. The number of benzene rings is 1. The number of nitrogens with one attached hydrogen (secondary N) is 1. The number of hydrogen-bond donors (Lipinski definition) is 3. The average molecular weight is 273 g/mol. The number of halogens is 1. The van der Waals surface area contributed by atoms with E-state index in [1.165, 1.54) is 0 Å². The second-order valence-electron chi connectivity index (χ2n) is 3.26. The highest BCUT2D eigenvalue weighted by Gasteiger charge is 2.13. The highest BCUT2D eigenvalue weighted by atomic mass is 79.9. The number of nitrogens with two attached hydrogens (primary N) is 1. The van der Waals surface area contributed by atoms with Crippen molar-refractivity contribution >= 4 is 27.5 Å². The molecule has 0 saturated carbocycles. The van der Waals surface area contributed by atoms with Crippen molar-refractivity contribution in [2.24, 2.45) is 11.7 Å². The fraction of sp³-hybridized carbons (Fsp3) is 0.300. The maximum Gasteiger partial charge on any atom is 0.228 e. The molecule has 15 heavy (non-hydrogen) atoms. The van der Waals surface area contributed by atoms with Gasteiger partial charge >= 0.3 is 0 Å². The summed E-state index contributed by atoms with van der Waals surface area (Å²) in [6.07, 6.45) is 0. The molecular weight excluding hydrogens is 260 g/mol. The van der Waals surface area contributed by atoms with Crippen LogP contribution >= 0.6 is 15.9 Å². The van der Waals surface area contributed by atoms with Crippen molar-refractivity contribution < 1.29 is 9.90 Å². The van der Waals surface area contributed by atoms with Crippen LogP contribution in [0.3, 0.4) is 0 Å². The summed E-state index contributed by atoms with van der Waals surface area (Å²) >= 11 is 3.16. The molecule has 0 aromatic heterocycles. The zero-order valence-electron chi connectivity index (χ0n) is 8.33. The van der Waals surface area contributed by atoms with Gasteiger partial charge in [-0.15, -0.1) is 0 Å². The van der Waals surface area contributed by atoms with E-state index >= 15 is 0 Å². The Morgan fingerprint density at radius 3 is 2.93 bits per heavy atom. The topological polar surface area (TPSA) is 75.4 Å². The van der Waals surface area contributed by atoms with Crippen molar-refractivity contribution in [1.29, 1.82) is 0 Å². The quantitative estimate of drug-likeness (QED) is 0.733. The Morgan fingerprint density at radius 1 is 1.67 bits per heavy atom. The smallest absolute Gasteiger partial charge is 0.228 e. The van der Waals surface area contributed by atoms with Gasteiger partial charge in [-0.3, -0.25) is 4.79 Å². The standard InChI is InChI=1S/C10H13BrN2O2/c1-6(5-12)10(15)13-8-4-2-3-7(11)9(8)14/h2-4,6,14H,5,12H2,1H3,(H,13,15). The minimum atomic E-state index is -0.275. The monoisotopic (exact) mass is 272 g/mol. The van der Waals surface area contributed by atoms with Gasteiger partial charge < -0.3 is 16.2 Å². The SMILES string of the molecule is CC(CN)C(=O)Nc1cccc(Br)c1O. The minimum absolute atomic E-state index is 0.0232. The molecule has 1 aromatic rings. The summed E-state index contributed by atoms with van der Waals surface area (Å²) in [5.41, 5.74) is 5.75. The largest absolute Gasteiger partial charge is 0.505 e. The fourth-order valence-electron chi connectivity index (χ4n) is 0.979. The maximum absolute atomic E-state index is 11.5. The van der Waals surface area contributed by atoms with Gasteiger partial charge in [0.1, 0.15) is 0 Å². The molecule has 0 fully saturated rings. The molecule has 1 amide bonds. The summed E-state index contributed by atoms with van der Waals surface area (Å²) in [5.74, 6) is -0.454. The predicted octanol–water partition coefficient (Wildman–Crippen LogP) is 1.69. The molecule has 0 radical (unpaired) electrons. The van der Waals surface area contributed by atoms with Crippen LogP contribution in [0.2, 0.25) is 0 Å². The number of rotatable bonds is 3. The van der Waals surface area contributed by atoms with Crippen LogP contribution < -0.4 is 11.1 Å². The molecule has 0 bridgehead atoms. The van der Waals surface area contributed by atoms with Gasteiger partial charge in [-0.05, 0) is 28.1 Å². The van der Waals surface area contributed by atoms with Crippen LogP contribution in [-0.4, -0.2) is 17.6 Å². The molecule has 82 valence electrons. The van der Waals surface area contributed by atoms with Crippen LogP contribution in [0.15, 0.2) is 22.7 Å². The molecule has 0 heterocycles. The second-order valence-corrected chi connectivity index (χ2v) is 4.12. The van der Waals surface area contributed by atoms with E-state index in [0.717, 1.165) is 0 Å². The van der Waals surface area contributed by atoms with E-state index in [4.69, 9.17) is 5.73 Å². The summed E-state index contributed by atoms with van der Waals surface area (Å²) in [5, 5.41) is 12.2. The molecule has 0 aliphatic rings. The molecule has 1 atom stereocenters. The van der Waals surface area contributed by atoms with Gasteiger partial charge in [-0.1, -0.05) is 13.0 Å². The number of phenolic OH excluding ortho intramolecular Hbond substituents is 1.